The van der Waals surface area contributed by atoms with Gasteiger partial charge in [0, 0.05) is 51.4 Å². The molecule has 0 aromatic heterocycles. The summed E-state index contributed by atoms with van der Waals surface area (Å²) in [4.78, 5) is 19.9. The molecule has 26 heavy (non-hydrogen) atoms. The van der Waals surface area contributed by atoms with Crippen LogP contribution in [0.4, 0.5) is 0 Å². The van der Waals surface area contributed by atoms with E-state index in [0.29, 0.717) is 24.7 Å². The first-order chi connectivity index (χ1) is 11.8. The molecule has 8 heteroatoms. The Bertz CT molecular complexity index is 414. The second-order valence-corrected chi connectivity index (χ2v) is 7.44. The lowest BCUT2D eigenvalue weighted by Gasteiger charge is -2.32. The predicted molar refractivity (Wildman–Crippen MR) is 120 cm³/mol. The smallest absolute Gasteiger partial charge is 0.231 e. The molecule has 7 nitrogen and oxygen atoms in total. The Morgan fingerprint density at radius 3 is 2.27 bits per heavy atom. The molecule has 0 aromatic carbocycles. The van der Waals surface area contributed by atoms with Crippen molar-refractivity contribution in [2.45, 2.75) is 65.1 Å². The van der Waals surface area contributed by atoms with Gasteiger partial charge in [-0.25, -0.2) is 0 Å². The molecule has 4 N–H and O–H groups in total. The number of halogens is 1. The summed E-state index contributed by atoms with van der Waals surface area (Å²) in [5.41, 5.74) is 5.26. The second kappa shape index (κ2) is 13.5. The number of piperidine rings is 1. The third-order valence-electron chi connectivity index (χ3n) is 4.74. The summed E-state index contributed by atoms with van der Waals surface area (Å²) in [5, 5.41) is 6.91. The number of nitrogens with zero attached hydrogens (tertiary/aromatic N) is 3. The predicted octanol–water partition coefficient (Wildman–Crippen LogP) is 1.23. The van der Waals surface area contributed by atoms with Crippen LogP contribution in [0.1, 0.15) is 47.0 Å². The zero-order valence-corrected chi connectivity index (χ0v) is 19.5. The maximum Gasteiger partial charge on any atom is 0.231 e. The van der Waals surface area contributed by atoms with Gasteiger partial charge in [-0.05, 0) is 47.0 Å². The number of aliphatic imine (C=N–C) groups is 1. The average Bonchev–Trinajstić information content (AvgIpc) is 2.53. The van der Waals surface area contributed by atoms with Crippen LogP contribution >= 0.6 is 24.0 Å². The van der Waals surface area contributed by atoms with Gasteiger partial charge in [-0.2, -0.15) is 0 Å². The number of carbonyl (C=O) groups excluding carboxylic acids is 1. The van der Waals surface area contributed by atoms with Gasteiger partial charge in [0.2, 0.25) is 5.91 Å². The van der Waals surface area contributed by atoms with E-state index >= 15 is 0 Å². The molecule has 1 aliphatic rings. The van der Waals surface area contributed by atoms with Crippen molar-refractivity contribution in [3.63, 3.8) is 0 Å². The molecule has 1 heterocycles. The van der Waals surface area contributed by atoms with Gasteiger partial charge >= 0.3 is 0 Å². The van der Waals surface area contributed by atoms with Crippen molar-refractivity contribution >= 4 is 35.8 Å². The second-order valence-electron chi connectivity index (χ2n) is 7.44. The normalized spacial score (nSPS) is 16.8. The minimum absolute atomic E-state index is 0. The fourth-order valence-electron chi connectivity index (χ4n) is 3.42. The lowest BCUT2D eigenvalue weighted by atomic mass is 10.1. The van der Waals surface area contributed by atoms with Gasteiger partial charge in [-0.15, -0.1) is 24.0 Å². The third-order valence-corrected chi connectivity index (χ3v) is 4.74. The number of nitrogens with two attached hydrogens (primary N) is 1. The van der Waals surface area contributed by atoms with Crippen LogP contribution in [0.2, 0.25) is 0 Å². The maximum absolute atomic E-state index is 11.0. The monoisotopic (exact) mass is 482 g/mol. The number of primary amides is 1. The summed E-state index contributed by atoms with van der Waals surface area (Å²) in [5.74, 6) is 0.620. The Morgan fingerprint density at radius 1 is 1.23 bits per heavy atom. The number of rotatable bonds is 9. The Hall–Kier alpha value is -0.610. The lowest BCUT2D eigenvalue weighted by molar-refractivity contribution is -0.119. The first-order valence-corrected chi connectivity index (χ1v) is 9.57. The molecule has 0 radical (unpaired) electrons. The Morgan fingerprint density at radius 2 is 1.81 bits per heavy atom. The number of nitrogens with one attached hydrogen (secondary N) is 2. The molecule has 1 amide bonds. The highest BCUT2D eigenvalue weighted by molar-refractivity contribution is 14.0. The van der Waals surface area contributed by atoms with E-state index in [-0.39, 0.29) is 29.9 Å². The number of guanidine groups is 1. The van der Waals surface area contributed by atoms with E-state index in [4.69, 9.17) is 5.73 Å². The fraction of sp³-hybridized carbons (Fsp3) is 0.889. The molecular weight excluding hydrogens is 443 g/mol. The van der Waals surface area contributed by atoms with Crippen LogP contribution in [0.25, 0.3) is 0 Å². The minimum Gasteiger partial charge on any atom is -0.369 e. The van der Waals surface area contributed by atoms with Crippen LogP contribution in [-0.4, -0.2) is 79.6 Å². The summed E-state index contributed by atoms with van der Waals surface area (Å²) in [6, 6.07) is 1.55. The van der Waals surface area contributed by atoms with E-state index < -0.39 is 0 Å². The standard InChI is InChI=1S/C18H38N6O.HI/c1-14(2)24(15(3)4)10-6-9-21-18(20-5)22-16-7-11-23(12-8-16)13-17(19)25;/h14-16H,6-13H2,1-5H3,(H2,19,25)(H2,20,21,22);1H. The quantitative estimate of drug-likeness (QED) is 0.199. The molecule has 1 saturated heterocycles. The number of hydrogen-bond acceptors (Lipinski definition) is 4. The summed E-state index contributed by atoms with van der Waals surface area (Å²) in [7, 11) is 1.81. The fourth-order valence-corrected chi connectivity index (χ4v) is 3.42. The van der Waals surface area contributed by atoms with Crippen molar-refractivity contribution in [1.29, 1.82) is 0 Å². The van der Waals surface area contributed by atoms with E-state index in [0.717, 1.165) is 51.4 Å². The summed E-state index contributed by atoms with van der Waals surface area (Å²) < 4.78 is 0. The highest BCUT2D eigenvalue weighted by Gasteiger charge is 2.20. The average molecular weight is 482 g/mol. The molecule has 0 atom stereocenters. The molecular formula is C18H39IN6O. The molecule has 0 bridgehead atoms. The minimum atomic E-state index is -0.249. The first-order valence-electron chi connectivity index (χ1n) is 9.57. The molecule has 1 aliphatic heterocycles. The van der Waals surface area contributed by atoms with Crippen molar-refractivity contribution < 1.29 is 4.79 Å². The van der Waals surface area contributed by atoms with Crippen molar-refractivity contribution in [3.8, 4) is 0 Å². The van der Waals surface area contributed by atoms with Gasteiger partial charge in [0.25, 0.3) is 0 Å². The zero-order chi connectivity index (χ0) is 18.8. The van der Waals surface area contributed by atoms with E-state index in [9.17, 15) is 4.79 Å². The summed E-state index contributed by atoms with van der Waals surface area (Å²) >= 11 is 0. The Balaban J connectivity index is 0.00000625. The van der Waals surface area contributed by atoms with E-state index in [1.165, 1.54) is 0 Å². The van der Waals surface area contributed by atoms with Crippen LogP contribution < -0.4 is 16.4 Å². The molecule has 0 saturated carbocycles. The van der Waals surface area contributed by atoms with Gasteiger partial charge < -0.3 is 16.4 Å². The SMILES string of the molecule is CN=C(NCCCN(C(C)C)C(C)C)NC1CCN(CC(N)=O)CC1.I. The zero-order valence-electron chi connectivity index (χ0n) is 17.1. The number of amides is 1. The molecule has 154 valence electrons. The molecule has 1 rings (SSSR count). The van der Waals surface area contributed by atoms with Crippen LogP contribution in [0.15, 0.2) is 4.99 Å². The van der Waals surface area contributed by atoms with E-state index in [1.807, 2.05) is 7.05 Å². The number of hydrogen-bond donors (Lipinski definition) is 3. The summed E-state index contributed by atoms with van der Waals surface area (Å²) in [6.45, 7) is 13.2. The molecule has 0 spiro atoms. The largest absolute Gasteiger partial charge is 0.369 e. The van der Waals surface area contributed by atoms with Gasteiger partial charge in [-0.1, -0.05) is 0 Å². The molecule has 1 fully saturated rings. The van der Waals surface area contributed by atoms with Gasteiger partial charge in [-0.3, -0.25) is 19.6 Å². The van der Waals surface area contributed by atoms with E-state index in [1.54, 1.807) is 0 Å². The van der Waals surface area contributed by atoms with Crippen molar-refractivity contribution in [2.24, 2.45) is 10.7 Å². The Kier molecular flexibility index (Phi) is 13.2. The highest BCUT2D eigenvalue weighted by Crippen LogP contribution is 2.09. The summed E-state index contributed by atoms with van der Waals surface area (Å²) in [6.07, 6.45) is 3.10. The van der Waals surface area contributed by atoms with Crippen molar-refractivity contribution in [3.05, 3.63) is 0 Å². The maximum atomic E-state index is 11.0. The lowest BCUT2D eigenvalue weighted by Crippen LogP contribution is -2.50. The number of carbonyl (C=O) groups is 1. The van der Waals surface area contributed by atoms with E-state index in [2.05, 4.69) is 53.1 Å². The first kappa shape index (κ1) is 25.4. The van der Waals surface area contributed by atoms with Gasteiger partial charge in [0.05, 0.1) is 6.54 Å². The van der Waals surface area contributed by atoms with Crippen LogP contribution in [0.5, 0.6) is 0 Å². The molecule has 0 unspecified atom stereocenters. The van der Waals surface area contributed by atoms with Crippen molar-refractivity contribution in [2.75, 3.05) is 39.8 Å². The number of likely N-dealkylation sites (tertiary alicyclic amines) is 1. The van der Waals surface area contributed by atoms with Gasteiger partial charge in [0.15, 0.2) is 5.96 Å². The van der Waals surface area contributed by atoms with Gasteiger partial charge in [0.1, 0.15) is 0 Å². The van der Waals surface area contributed by atoms with Crippen LogP contribution in [0.3, 0.4) is 0 Å². The highest BCUT2D eigenvalue weighted by atomic mass is 127. The third kappa shape index (κ3) is 9.91. The van der Waals surface area contributed by atoms with Crippen LogP contribution in [0, 0.1) is 0 Å². The van der Waals surface area contributed by atoms with Crippen LogP contribution in [-0.2, 0) is 4.79 Å². The Labute approximate surface area is 176 Å². The molecule has 0 aromatic rings. The topological polar surface area (TPSA) is 86.0 Å². The molecule has 0 aliphatic carbocycles. The van der Waals surface area contributed by atoms with Crippen molar-refractivity contribution in [1.82, 2.24) is 20.4 Å².